The van der Waals surface area contributed by atoms with Crippen LogP contribution in [0, 0.1) is 31.6 Å². The van der Waals surface area contributed by atoms with Gasteiger partial charge in [0, 0.05) is 43.7 Å². The molecule has 3 fully saturated rings. The van der Waals surface area contributed by atoms with Gasteiger partial charge in [-0.1, -0.05) is 29.8 Å². The number of aliphatic hydroxyl groups excluding tert-OH is 1. The van der Waals surface area contributed by atoms with Crippen LogP contribution in [0.15, 0.2) is 41.8 Å². The monoisotopic (exact) mass is 591 g/mol. The first kappa shape index (κ1) is 29.1. The van der Waals surface area contributed by atoms with Crippen LogP contribution in [-0.4, -0.2) is 65.0 Å². The Labute approximate surface area is 251 Å². The minimum atomic E-state index is -0.646. The fraction of sp³-hybridized carbons (Fsp3) is 0.515. The van der Waals surface area contributed by atoms with Crippen molar-refractivity contribution in [2.75, 3.05) is 37.7 Å². The fourth-order valence-electron chi connectivity index (χ4n) is 7.04. The summed E-state index contributed by atoms with van der Waals surface area (Å²) in [5.74, 6) is 0.316. The van der Waals surface area contributed by atoms with Crippen LogP contribution in [0.1, 0.15) is 54.7 Å². The van der Waals surface area contributed by atoms with Gasteiger partial charge < -0.3 is 24.6 Å². The number of nitrogens with zero attached hydrogens (tertiary/aromatic N) is 3. The zero-order chi connectivity index (χ0) is 29.4. The lowest BCUT2D eigenvalue weighted by Crippen LogP contribution is -2.44. The van der Waals surface area contributed by atoms with E-state index in [1.54, 1.807) is 11.3 Å². The summed E-state index contributed by atoms with van der Waals surface area (Å²) in [5, 5.41) is 23.7. The first-order valence-corrected chi connectivity index (χ1v) is 16.0. The van der Waals surface area contributed by atoms with Gasteiger partial charge in [0.15, 0.2) is 5.13 Å². The minimum Gasteiger partial charge on any atom is -0.488 e. The molecular weight excluding hydrogens is 550 g/mol. The Morgan fingerprint density at radius 1 is 1.10 bits per heavy atom. The molecule has 2 aliphatic heterocycles. The zero-order valence-electron chi connectivity index (χ0n) is 24.7. The molecule has 3 aliphatic rings. The number of fused-ring (bicyclic) bond motifs is 2. The van der Waals surface area contributed by atoms with Gasteiger partial charge in [0.2, 0.25) is 0 Å². The van der Waals surface area contributed by atoms with Crippen molar-refractivity contribution in [3.63, 3.8) is 0 Å². The molecule has 5 atom stereocenters. The Hall–Kier alpha value is -2.98. The summed E-state index contributed by atoms with van der Waals surface area (Å²) < 4.78 is 12.1. The van der Waals surface area contributed by atoms with Gasteiger partial charge in [0.1, 0.15) is 18.6 Å². The number of ether oxygens (including phenoxy) is 2. The zero-order valence-corrected chi connectivity index (χ0v) is 25.5. The highest BCUT2D eigenvalue weighted by Gasteiger charge is 2.46. The summed E-state index contributed by atoms with van der Waals surface area (Å²) in [4.78, 5) is 21.1. The molecule has 224 valence electrons. The van der Waals surface area contributed by atoms with Gasteiger partial charge in [0.25, 0.3) is 0 Å². The van der Waals surface area contributed by atoms with Crippen molar-refractivity contribution in [1.29, 1.82) is 0 Å². The van der Waals surface area contributed by atoms with Crippen molar-refractivity contribution in [2.24, 2.45) is 17.8 Å². The number of hydrogen-bond acceptors (Lipinski definition) is 8. The summed E-state index contributed by atoms with van der Waals surface area (Å²) in [6.07, 6.45) is 2.46. The maximum atomic E-state index is 11.8. The summed E-state index contributed by atoms with van der Waals surface area (Å²) in [5.41, 5.74) is 6.02. The lowest BCUT2D eigenvalue weighted by molar-refractivity contribution is -0.144. The van der Waals surface area contributed by atoms with Crippen molar-refractivity contribution in [1.82, 2.24) is 9.88 Å². The molecular formula is C33H41N3O5S. The second kappa shape index (κ2) is 12.3. The third-order valence-electron chi connectivity index (χ3n) is 9.27. The lowest BCUT2D eigenvalue weighted by atomic mass is 9.85. The van der Waals surface area contributed by atoms with E-state index in [0.717, 1.165) is 89.8 Å². The third-order valence-corrected chi connectivity index (χ3v) is 10.2. The smallest absolute Gasteiger partial charge is 0.307 e. The van der Waals surface area contributed by atoms with Gasteiger partial charge in [-0.3, -0.25) is 9.69 Å². The Morgan fingerprint density at radius 3 is 2.60 bits per heavy atom. The van der Waals surface area contributed by atoms with Gasteiger partial charge in [-0.25, -0.2) is 4.98 Å². The second-order valence-corrected chi connectivity index (χ2v) is 12.9. The van der Waals surface area contributed by atoms with E-state index in [0.29, 0.717) is 13.2 Å². The first-order valence-electron chi connectivity index (χ1n) is 15.1. The van der Waals surface area contributed by atoms with Gasteiger partial charge in [0.05, 0.1) is 17.7 Å². The highest BCUT2D eigenvalue weighted by atomic mass is 32.1. The number of anilines is 1. The van der Waals surface area contributed by atoms with Gasteiger partial charge in [-0.15, -0.1) is 11.3 Å². The third kappa shape index (κ3) is 5.93. The Bertz CT molecular complexity index is 1410. The van der Waals surface area contributed by atoms with E-state index in [-0.39, 0.29) is 23.9 Å². The molecule has 0 radical (unpaired) electrons. The normalized spacial score (nSPS) is 24.7. The summed E-state index contributed by atoms with van der Waals surface area (Å²) in [6.45, 7) is 10.3. The SMILES string of the molecule is CCOC1CCN(C(O)c2ccc(COc3ccc(C)cc3-c3csc(N4CC5CC[C@@H](C4)[C@H]5C(=O)O)n3)c(C)c2)C1. The van der Waals surface area contributed by atoms with E-state index >= 15 is 0 Å². The number of aliphatic carboxylic acids is 1. The average molecular weight is 592 g/mol. The molecule has 2 aromatic carbocycles. The van der Waals surface area contributed by atoms with E-state index in [4.69, 9.17) is 14.5 Å². The fourth-order valence-corrected chi connectivity index (χ4v) is 7.89. The van der Waals surface area contributed by atoms with Crippen molar-refractivity contribution in [2.45, 2.75) is 59.0 Å². The average Bonchev–Trinajstić information content (AvgIpc) is 3.71. The molecule has 1 saturated carbocycles. The predicted octanol–water partition coefficient (Wildman–Crippen LogP) is 5.65. The van der Waals surface area contributed by atoms with Crippen molar-refractivity contribution in [3.05, 3.63) is 64.0 Å². The maximum Gasteiger partial charge on any atom is 0.307 e. The number of rotatable bonds is 10. The number of hydrogen-bond donors (Lipinski definition) is 2. The van der Waals surface area contributed by atoms with Crippen LogP contribution in [0.5, 0.6) is 5.75 Å². The Balaban J connectivity index is 1.13. The number of carbonyl (C=O) groups is 1. The molecule has 3 aromatic rings. The molecule has 3 heterocycles. The summed E-state index contributed by atoms with van der Waals surface area (Å²) in [7, 11) is 0. The summed E-state index contributed by atoms with van der Waals surface area (Å²) in [6, 6.07) is 12.3. The number of likely N-dealkylation sites (tertiary alicyclic amines) is 1. The number of piperidine rings is 1. The number of aryl methyl sites for hydroxylation is 2. The number of carboxylic acid groups (broad SMARTS) is 1. The Kier molecular flexibility index (Phi) is 8.54. The highest BCUT2D eigenvalue weighted by molar-refractivity contribution is 7.14. The van der Waals surface area contributed by atoms with Crippen LogP contribution >= 0.6 is 11.3 Å². The number of carboxylic acids is 1. The molecule has 42 heavy (non-hydrogen) atoms. The van der Waals surface area contributed by atoms with Crippen molar-refractivity contribution >= 4 is 22.4 Å². The van der Waals surface area contributed by atoms with Crippen LogP contribution in [0.3, 0.4) is 0 Å². The lowest BCUT2D eigenvalue weighted by Gasteiger charge is -2.35. The quantitative estimate of drug-likeness (QED) is 0.312. The molecule has 0 spiro atoms. The van der Waals surface area contributed by atoms with Crippen LogP contribution in [-0.2, 0) is 16.1 Å². The van der Waals surface area contributed by atoms with Crippen LogP contribution in [0.4, 0.5) is 5.13 Å². The van der Waals surface area contributed by atoms with Crippen LogP contribution in [0.25, 0.3) is 11.3 Å². The predicted molar refractivity (Wildman–Crippen MR) is 164 cm³/mol. The van der Waals surface area contributed by atoms with Gasteiger partial charge in [-0.2, -0.15) is 0 Å². The second-order valence-electron chi connectivity index (χ2n) is 12.1. The van der Waals surface area contributed by atoms with Crippen LogP contribution < -0.4 is 9.64 Å². The van der Waals surface area contributed by atoms with Gasteiger partial charge >= 0.3 is 5.97 Å². The minimum absolute atomic E-state index is 0.190. The largest absolute Gasteiger partial charge is 0.488 e. The highest BCUT2D eigenvalue weighted by Crippen LogP contribution is 2.44. The maximum absolute atomic E-state index is 11.8. The van der Waals surface area contributed by atoms with E-state index < -0.39 is 12.2 Å². The number of thiazole rings is 1. The van der Waals surface area contributed by atoms with E-state index in [2.05, 4.69) is 47.2 Å². The molecule has 6 rings (SSSR count). The topological polar surface area (TPSA) is 95.4 Å². The number of aromatic nitrogens is 1. The molecule has 1 aliphatic carbocycles. The van der Waals surface area contributed by atoms with Crippen molar-refractivity contribution < 1.29 is 24.5 Å². The molecule has 8 nitrogen and oxygen atoms in total. The number of benzene rings is 2. The van der Waals surface area contributed by atoms with Crippen molar-refractivity contribution in [3.8, 4) is 17.0 Å². The molecule has 0 amide bonds. The van der Waals surface area contributed by atoms with E-state index in [1.165, 1.54) is 0 Å². The first-order chi connectivity index (χ1) is 20.3. The van der Waals surface area contributed by atoms with E-state index in [1.807, 2.05) is 25.1 Å². The van der Waals surface area contributed by atoms with Gasteiger partial charge in [-0.05, 0) is 80.7 Å². The molecule has 1 aromatic heterocycles. The van der Waals surface area contributed by atoms with E-state index in [9.17, 15) is 15.0 Å². The summed E-state index contributed by atoms with van der Waals surface area (Å²) >= 11 is 1.62. The molecule has 2 N–H and O–H groups in total. The standard InChI is InChI=1S/C33H41N3O5S/c1-4-40-26-11-12-35(17-26)31(37)22-6-9-25(21(3)14-22)18-41-29-10-5-20(2)13-27(29)28-19-42-33(34-28)36-15-23-7-8-24(16-36)30(23)32(38)39/h5-6,9-10,13-14,19,23-24,26,30-31,37H,4,7-8,11-12,15-18H2,1-3H3,(H,38,39)/t23-,24?,26?,30+,31?/m0/s1. The molecule has 2 bridgehead atoms. The Morgan fingerprint density at radius 2 is 1.88 bits per heavy atom. The molecule has 3 unspecified atom stereocenters. The molecule has 9 heteroatoms. The molecule has 2 saturated heterocycles. The van der Waals surface area contributed by atoms with Crippen LogP contribution in [0.2, 0.25) is 0 Å². The number of aliphatic hydroxyl groups is 1.